The average molecular weight is 433 g/mol. The van der Waals surface area contributed by atoms with Crippen molar-refractivity contribution in [1.29, 1.82) is 0 Å². The maximum atomic E-state index is 12.2. The van der Waals surface area contributed by atoms with Crippen molar-refractivity contribution in [2.45, 2.75) is 57.1 Å². The molecule has 5 nitrogen and oxygen atoms in total. The normalized spacial score (nSPS) is 16.2. The quantitative estimate of drug-likeness (QED) is 0.553. The molecule has 1 aliphatic rings. The first-order chi connectivity index (χ1) is 14.1. The van der Waals surface area contributed by atoms with Crippen LogP contribution in [0.15, 0.2) is 54.6 Å². The second kappa shape index (κ2) is 12.6. The molecule has 0 bridgehead atoms. The lowest BCUT2D eigenvalue weighted by Gasteiger charge is -2.26. The fourth-order valence-electron chi connectivity index (χ4n) is 3.91. The van der Waals surface area contributed by atoms with Crippen LogP contribution in [-0.2, 0) is 11.2 Å². The van der Waals surface area contributed by atoms with Gasteiger partial charge in [-0.1, -0.05) is 62.4 Å². The maximum absolute atomic E-state index is 12.2. The van der Waals surface area contributed by atoms with Crippen LogP contribution < -0.4 is 15.8 Å². The summed E-state index contributed by atoms with van der Waals surface area (Å²) in [7, 11) is 0. The molecular formula is C24H33ClN2O3. The number of benzene rings is 2. The summed E-state index contributed by atoms with van der Waals surface area (Å²) in [6.07, 6.45) is 6.33. The molecule has 0 radical (unpaired) electrons. The van der Waals surface area contributed by atoms with Crippen molar-refractivity contribution in [2.24, 2.45) is 11.7 Å². The highest BCUT2D eigenvalue weighted by Crippen LogP contribution is 2.27. The molecule has 1 amide bonds. The molecule has 2 atom stereocenters. The lowest BCUT2D eigenvalue weighted by molar-refractivity contribution is -0.130. The molecule has 0 saturated heterocycles. The van der Waals surface area contributed by atoms with E-state index in [1.54, 1.807) is 0 Å². The molecule has 1 fully saturated rings. The first-order valence-corrected chi connectivity index (χ1v) is 10.6. The molecule has 2 aromatic rings. The topological polar surface area (TPSA) is 84.6 Å². The highest BCUT2D eigenvalue weighted by Gasteiger charge is 2.26. The number of rotatable bonds is 9. The van der Waals surface area contributed by atoms with Crippen molar-refractivity contribution in [2.75, 3.05) is 6.54 Å². The summed E-state index contributed by atoms with van der Waals surface area (Å²) < 4.78 is 5.78. The van der Waals surface area contributed by atoms with Crippen LogP contribution in [0, 0.1) is 5.92 Å². The van der Waals surface area contributed by atoms with Gasteiger partial charge in [-0.3, -0.25) is 4.79 Å². The van der Waals surface area contributed by atoms with Gasteiger partial charge in [0.15, 0.2) is 0 Å². The fraction of sp³-hybridized carbons (Fsp3) is 0.458. The molecule has 2 aromatic carbocycles. The van der Waals surface area contributed by atoms with Gasteiger partial charge in [0, 0.05) is 12.6 Å². The van der Waals surface area contributed by atoms with E-state index in [1.165, 1.54) is 19.3 Å². The number of hydrogen-bond donors (Lipinski definition) is 3. The van der Waals surface area contributed by atoms with E-state index < -0.39 is 12.1 Å². The van der Waals surface area contributed by atoms with Crippen LogP contribution in [0.3, 0.4) is 0 Å². The molecule has 0 spiro atoms. The number of hydrogen-bond acceptors (Lipinski definition) is 4. The summed E-state index contributed by atoms with van der Waals surface area (Å²) in [5.74, 6) is 1.73. The number of aliphatic hydroxyl groups is 1. The Kier molecular flexibility index (Phi) is 10.1. The van der Waals surface area contributed by atoms with Gasteiger partial charge in [0.05, 0.1) is 0 Å². The van der Waals surface area contributed by atoms with Gasteiger partial charge in [0.25, 0.3) is 0 Å². The molecule has 3 rings (SSSR count). The molecular weight excluding hydrogens is 400 g/mol. The number of para-hydroxylation sites is 1. The third-order valence-corrected chi connectivity index (χ3v) is 5.62. The van der Waals surface area contributed by atoms with E-state index in [4.69, 9.17) is 10.5 Å². The SMILES string of the molecule is Cl.N[C@H](CC1CCCCC1)C(O)C(=O)NCCc1ccc(Oc2ccccc2)cc1. The maximum Gasteiger partial charge on any atom is 0.250 e. The van der Waals surface area contributed by atoms with Crippen molar-refractivity contribution in [3.63, 3.8) is 0 Å². The third kappa shape index (κ3) is 7.63. The number of amides is 1. The van der Waals surface area contributed by atoms with Crippen LogP contribution in [-0.4, -0.2) is 29.7 Å². The van der Waals surface area contributed by atoms with E-state index in [0.717, 1.165) is 36.3 Å². The third-order valence-electron chi connectivity index (χ3n) is 5.62. The van der Waals surface area contributed by atoms with Crippen LogP contribution in [0.2, 0.25) is 0 Å². The fourth-order valence-corrected chi connectivity index (χ4v) is 3.91. The number of ether oxygens (including phenoxy) is 1. The van der Waals surface area contributed by atoms with Crippen LogP contribution in [0.25, 0.3) is 0 Å². The van der Waals surface area contributed by atoms with E-state index in [0.29, 0.717) is 18.9 Å². The van der Waals surface area contributed by atoms with E-state index in [1.807, 2.05) is 54.6 Å². The van der Waals surface area contributed by atoms with Crippen LogP contribution in [0.1, 0.15) is 44.1 Å². The van der Waals surface area contributed by atoms with Crippen molar-refractivity contribution in [3.8, 4) is 11.5 Å². The minimum atomic E-state index is -1.14. The van der Waals surface area contributed by atoms with E-state index in [9.17, 15) is 9.90 Å². The average Bonchev–Trinajstić information content (AvgIpc) is 2.76. The Morgan fingerprint density at radius 1 is 1.03 bits per heavy atom. The van der Waals surface area contributed by atoms with Crippen LogP contribution >= 0.6 is 12.4 Å². The largest absolute Gasteiger partial charge is 0.457 e. The molecule has 0 aromatic heterocycles. The predicted molar refractivity (Wildman–Crippen MR) is 122 cm³/mol. The second-order valence-electron chi connectivity index (χ2n) is 7.95. The Labute approximate surface area is 185 Å². The Hall–Kier alpha value is -2.08. The van der Waals surface area contributed by atoms with Crippen LogP contribution in [0.4, 0.5) is 0 Å². The minimum absolute atomic E-state index is 0. The summed E-state index contributed by atoms with van der Waals surface area (Å²) in [6, 6.07) is 16.9. The monoisotopic (exact) mass is 432 g/mol. The first-order valence-electron chi connectivity index (χ1n) is 10.6. The molecule has 1 unspecified atom stereocenters. The van der Waals surface area contributed by atoms with Gasteiger partial charge in [-0.2, -0.15) is 0 Å². The van der Waals surface area contributed by atoms with Crippen molar-refractivity contribution >= 4 is 18.3 Å². The van der Waals surface area contributed by atoms with Gasteiger partial charge >= 0.3 is 0 Å². The number of aliphatic hydroxyl groups excluding tert-OH is 1. The lowest BCUT2D eigenvalue weighted by atomic mass is 9.84. The van der Waals surface area contributed by atoms with Gasteiger partial charge in [-0.15, -0.1) is 12.4 Å². The molecule has 6 heteroatoms. The molecule has 0 aliphatic heterocycles. The van der Waals surface area contributed by atoms with Gasteiger partial charge in [0.1, 0.15) is 17.6 Å². The molecule has 1 saturated carbocycles. The van der Waals surface area contributed by atoms with Gasteiger partial charge in [0.2, 0.25) is 5.91 Å². The van der Waals surface area contributed by atoms with E-state index in [2.05, 4.69) is 5.32 Å². The molecule has 0 heterocycles. The summed E-state index contributed by atoms with van der Waals surface area (Å²) in [6.45, 7) is 0.463. The summed E-state index contributed by atoms with van der Waals surface area (Å²) in [5.41, 5.74) is 7.18. The van der Waals surface area contributed by atoms with Gasteiger partial charge < -0.3 is 20.9 Å². The summed E-state index contributed by atoms with van der Waals surface area (Å²) >= 11 is 0. The Bertz CT molecular complexity index is 749. The minimum Gasteiger partial charge on any atom is -0.457 e. The number of nitrogens with one attached hydrogen (secondary N) is 1. The molecule has 164 valence electrons. The summed E-state index contributed by atoms with van der Waals surface area (Å²) in [4.78, 5) is 12.2. The smallest absolute Gasteiger partial charge is 0.250 e. The molecule has 30 heavy (non-hydrogen) atoms. The highest BCUT2D eigenvalue weighted by atomic mass is 35.5. The van der Waals surface area contributed by atoms with E-state index >= 15 is 0 Å². The first kappa shape index (κ1) is 24.2. The van der Waals surface area contributed by atoms with Gasteiger partial charge in [-0.25, -0.2) is 0 Å². The number of carbonyl (C=O) groups excluding carboxylic acids is 1. The number of carbonyl (C=O) groups is 1. The van der Waals surface area contributed by atoms with Crippen LogP contribution in [0.5, 0.6) is 11.5 Å². The number of halogens is 1. The molecule has 4 N–H and O–H groups in total. The summed E-state index contributed by atoms with van der Waals surface area (Å²) in [5, 5.41) is 13.0. The zero-order valence-corrected chi connectivity index (χ0v) is 18.2. The number of nitrogens with two attached hydrogens (primary N) is 1. The second-order valence-corrected chi connectivity index (χ2v) is 7.95. The molecule has 1 aliphatic carbocycles. The lowest BCUT2D eigenvalue weighted by Crippen LogP contribution is -2.47. The standard InChI is InChI=1S/C24H32N2O3.ClH/c25-22(17-19-7-3-1-4-8-19)23(27)24(28)26-16-15-18-11-13-21(14-12-18)29-20-9-5-2-6-10-20;/h2,5-6,9-14,19,22-23,27H,1,3-4,7-8,15-17,25H2,(H,26,28);1H/t22-,23?;/m1./s1. The predicted octanol–water partition coefficient (Wildman–Crippen LogP) is 4.22. The van der Waals surface area contributed by atoms with Crippen molar-refractivity contribution < 1.29 is 14.6 Å². The Balaban J connectivity index is 0.00000320. The highest BCUT2D eigenvalue weighted by molar-refractivity contribution is 5.85. The van der Waals surface area contributed by atoms with Gasteiger partial charge in [-0.05, 0) is 48.6 Å². The Morgan fingerprint density at radius 2 is 1.67 bits per heavy atom. The van der Waals surface area contributed by atoms with E-state index in [-0.39, 0.29) is 18.3 Å². The van der Waals surface area contributed by atoms with Crippen molar-refractivity contribution in [1.82, 2.24) is 5.32 Å². The van der Waals surface area contributed by atoms with Crippen molar-refractivity contribution in [3.05, 3.63) is 60.2 Å². The zero-order chi connectivity index (χ0) is 20.5. The zero-order valence-electron chi connectivity index (χ0n) is 17.3. The Morgan fingerprint density at radius 3 is 2.33 bits per heavy atom.